The second-order valence-electron chi connectivity index (χ2n) is 9.53. The molecule has 0 rings (SSSR count). The highest BCUT2D eigenvalue weighted by Gasteiger charge is 2.24. The Morgan fingerprint density at radius 3 is 1.88 bits per heavy atom. The number of nitrogens with one attached hydrogen (secondary N) is 1. The number of hydrogen-bond acceptors (Lipinski definition) is 5. The molecule has 7 nitrogen and oxygen atoms in total. The van der Waals surface area contributed by atoms with E-state index < -0.39 is 29.7 Å². The molecule has 2 N–H and O–H groups in total. The number of carboxylic acid groups (broad SMARTS) is 1. The summed E-state index contributed by atoms with van der Waals surface area (Å²) >= 11 is 0. The molecular formula is C26H47NO6. The Hall–Kier alpha value is -2.05. The molecule has 0 saturated heterocycles. The minimum atomic E-state index is -1.42. The predicted molar refractivity (Wildman–Crippen MR) is 131 cm³/mol. The van der Waals surface area contributed by atoms with Crippen LogP contribution in [0.2, 0.25) is 0 Å². The first-order valence-electron chi connectivity index (χ1n) is 12.7. The van der Waals surface area contributed by atoms with Crippen molar-refractivity contribution in [2.24, 2.45) is 0 Å². The number of hydrogen-bond donors (Lipinski definition) is 2. The predicted octanol–water partition coefficient (Wildman–Crippen LogP) is 6.55. The Labute approximate surface area is 200 Å². The maximum atomic E-state index is 11.9. The molecule has 0 aliphatic rings. The standard InChI is InChI=1S/C26H47NO6/c1-5-6-7-8-9-10-11-12-13-14-15-16-17-18-19-20-23(28)32-22(24(29)30)21-27-25(31)33-26(2,3)4/h12-13,22H,5-11,14-21H2,1-4H3,(H,27,31)(H,29,30)/b13-12+. The van der Waals surface area contributed by atoms with Gasteiger partial charge in [-0.1, -0.05) is 70.4 Å². The van der Waals surface area contributed by atoms with Gasteiger partial charge in [0.05, 0.1) is 6.54 Å². The fraction of sp³-hybridized carbons (Fsp3) is 0.808. The van der Waals surface area contributed by atoms with Crippen molar-refractivity contribution in [3.8, 4) is 0 Å². The van der Waals surface area contributed by atoms with Gasteiger partial charge in [0, 0.05) is 6.42 Å². The van der Waals surface area contributed by atoms with E-state index in [1.165, 1.54) is 44.9 Å². The van der Waals surface area contributed by atoms with Crippen LogP contribution >= 0.6 is 0 Å². The number of unbranched alkanes of at least 4 members (excludes halogenated alkanes) is 11. The SMILES string of the molecule is CCCCCCCC/C=C/CCCCCCCC(=O)OC(CNC(=O)OC(C)(C)C)C(=O)O. The van der Waals surface area contributed by atoms with Crippen LogP contribution in [0.25, 0.3) is 0 Å². The van der Waals surface area contributed by atoms with Gasteiger partial charge in [-0.05, 0) is 52.9 Å². The first kappa shape index (κ1) is 30.9. The van der Waals surface area contributed by atoms with Crippen molar-refractivity contribution in [1.82, 2.24) is 5.32 Å². The lowest BCUT2D eigenvalue weighted by Gasteiger charge is -2.21. The largest absolute Gasteiger partial charge is 0.478 e. The number of rotatable bonds is 19. The zero-order chi connectivity index (χ0) is 25.0. The number of amides is 1. The van der Waals surface area contributed by atoms with Crippen LogP contribution in [0.15, 0.2) is 12.2 Å². The molecule has 1 atom stereocenters. The Bertz CT molecular complexity index is 568. The number of carbonyl (C=O) groups excluding carboxylic acids is 2. The molecule has 0 saturated carbocycles. The highest BCUT2D eigenvalue weighted by atomic mass is 16.6. The summed E-state index contributed by atoms with van der Waals surface area (Å²) in [7, 11) is 0. The molecule has 0 bridgehead atoms. The van der Waals surface area contributed by atoms with Gasteiger partial charge in [0.2, 0.25) is 6.10 Å². The second-order valence-corrected chi connectivity index (χ2v) is 9.53. The van der Waals surface area contributed by atoms with Crippen molar-refractivity contribution in [3.63, 3.8) is 0 Å². The van der Waals surface area contributed by atoms with E-state index in [0.717, 1.165) is 32.1 Å². The monoisotopic (exact) mass is 469 g/mol. The molecule has 33 heavy (non-hydrogen) atoms. The van der Waals surface area contributed by atoms with Crippen molar-refractivity contribution >= 4 is 18.0 Å². The summed E-state index contributed by atoms with van der Waals surface area (Å²) in [5, 5.41) is 11.5. The topological polar surface area (TPSA) is 102 Å². The zero-order valence-corrected chi connectivity index (χ0v) is 21.3. The number of carboxylic acids is 1. The van der Waals surface area contributed by atoms with Crippen LogP contribution < -0.4 is 5.32 Å². The number of alkyl carbamates (subject to hydrolysis) is 1. The quantitative estimate of drug-likeness (QED) is 0.126. The van der Waals surface area contributed by atoms with E-state index in [4.69, 9.17) is 9.47 Å². The Morgan fingerprint density at radius 2 is 1.36 bits per heavy atom. The van der Waals surface area contributed by atoms with E-state index >= 15 is 0 Å². The lowest BCUT2D eigenvalue weighted by Crippen LogP contribution is -2.41. The molecule has 0 aliphatic heterocycles. The summed E-state index contributed by atoms with van der Waals surface area (Å²) in [5.74, 6) is -1.87. The molecule has 192 valence electrons. The highest BCUT2D eigenvalue weighted by molar-refractivity contribution is 5.79. The summed E-state index contributed by atoms with van der Waals surface area (Å²) in [4.78, 5) is 34.8. The molecule has 1 unspecified atom stereocenters. The van der Waals surface area contributed by atoms with Crippen molar-refractivity contribution in [1.29, 1.82) is 0 Å². The van der Waals surface area contributed by atoms with E-state index in [0.29, 0.717) is 6.42 Å². The zero-order valence-electron chi connectivity index (χ0n) is 21.3. The van der Waals surface area contributed by atoms with Crippen LogP contribution in [0.4, 0.5) is 4.79 Å². The average molecular weight is 470 g/mol. The lowest BCUT2D eigenvalue weighted by atomic mass is 10.1. The Balaban J connectivity index is 3.75. The van der Waals surface area contributed by atoms with Crippen LogP contribution in [-0.2, 0) is 19.1 Å². The summed E-state index contributed by atoms with van der Waals surface area (Å²) < 4.78 is 10.0. The molecule has 0 aromatic rings. The van der Waals surface area contributed by atoms with Gasteiger partial charge in [0.1, 0.15) is 5.60 Å². The van der Waals surface area contributed by atoms with Gasteiger partial charge < -0.3 is 19.9 Å². The van der Waals surface area contributed by atoms with E-state index in [9.17, 15) is 19.5 Å². The van der Waals surface area contributed by atoms with Gasteiger partial charge >= 0.3 is 18.0 Å². The summed E-state index contributed by atoms with van der Waals surface area (Å²) in [6.45, 7) is 7.02. The molecule has 0 aliphatic carbocycles. The van der Waals surface area contributed by atoms with Crippen LogP contribution in [0.5, 0.6) is 0 Å². The van der Waals surface area contributed by atoms with Gasteiger partial charge in [-0.3, -0.25) is 4.79 Å². The number of ether oxygens (including phenoxy) is 2. The first-order valence-corrected chi connectivity index (χ1v) is 12.7. The fourth-order valence-electron chi connectivity index (χ4n) is 3.23. The minimum Gasteiger partial charge on any atom is -0.478 e. The molecule has 1 amide bonds. The summed E-state index contributed by atoms with van der Waals surface area (Å²) in [5.41, 5.74) is -0.691. The molecule has 0 fully saturated rings. The molecule has 0 radical (unpaired) electrons. The number of carbonyl (C=O) groups is 3. The van der Waals surface area contributed by atoms with Gasteiger partial charge in [-0.25, -0.2) is 9.59 Å². The molecule has 0 heterocycles. The second kappa shape index (κ2) is 19.4. The van der Waals surface area contributed by atoms with Gasteiger partial charge in [-0.15, -0.1) is 0 Å². The van der Waals surface area contributed by atoms with E-state index in [2.05, 4.69) is 24.4 Å². The van der Waals surface area contributed by atoms with Crippen molar-refractivity contribution in [2.45, 2.75) is 129 Å². The van der Waals surface area contributed by atoms with Crippen molar-refractivity contribution < 1.29 is 29.0 Å². The summed E-state index contributed by atoms with van der Waals surface area (Å²) in [6, 6.07) is 0. The Kier molecular flexibility index (Phi) is 18.2. The molecule has 0 aromatic heterocycles. The van der Waals surface area contributed by atoms with E-state index in [1.807, 2.05) is 0 Å². The fourth-order valence-corrected chi connectivity index (χ4v) is 3.23. The number of esters is 1. The normalized spacial score (nSPS) is 12.5. The van der Waals surface area contributed by atoms with E-state index in [-0.39, 0.29) is 13.0 Å². The van der Waals surface area contributed by atoms with Crippen LogP contribution in [0, 0.1) is 0 Å². The summed E-state index contributed by atoms with van der Waals surface area (Å²) in [6.07, 6.45) is 17.7. The van der Waals surface area contributed by atoms with Gasteiger partial charge in [0.25, 0.3) is 0 Å². The van der Waals surface area contributed by atoms with Crippen molar-refractivity contribution in [2.75, 3.05) is 6.54 Å². The third-order valence-electron chi connectivity index (χ3n) is 5.02. The lowest BCUT2D eigenvalue weighted by molar-refractivity contribution is -0.163. The first-order chi connectivity index (χ1) is 15.7. The Morgan fingerprint density at radius 1 is 0.848 bits per heavy atom. The highest BCUT2D eigenvalue weighted by Crippen LogP contribution is 2.11. The molecule has 7 heteroatoms. The van der Waals surface area contributed by atoms with Crippen LogP contribution in [0.3, 0.4) is 0 Å². The van der Waals surface area contributed by atoms with Crippen LogP contribution in [-0.4, -0.2) is 41.4 Å². The smallest absolute Gasteiger partial charge is 0.407 e. The number of aliphatic carboxylic acids is 1. The maximum absolute atomic E-state index is 11.9. The molecular weight excluding hydrogens is 422 g/mol. The van der Waals surface area contributed by atoms with Gasteiger partial charge in [0.15, 0.2) is 0 Å². The third kappa shape index (κ3) is 21.6. The average Bonchev–Trinajstić information content (AvgIpc) is 2.72. The third-order valence-corrected chi connectivity index (χ3v) is 5.02. The van der Waals surface area contributed by atoms with E-state index in [1.54, 1.807) is 20.8 Å². The van der Waals surface area contributed by atoms with Crippen molar-refractivity contribution in [3.05, 3.63) is 12.2 Å². The van der Waals surface area contributed by atoms with Gasteiger partial charge in [-0.2, -0.15) is 0 Å². The minimum absolute atomic E-state index is 0.175. The molecule has 0 aromatic carbocycles. The maximum Gasteiger partial charge on any atom is 0.407 e. The molecule has 0 spiro atoms. The number of allylic oxidation sites excluding steroid dienone is 2. The van der Waals surface area contributed by atoms with Crippen LogP contribution in [0.1, 0.15) is 118 Å².